The molecule has 4 aromatic rings. The summed E-state index contributed by atoms with van der Waals surface area (Å²) in [5.74, 6) is 0. The zero-order valence-corrected chi connectivity index (χ0v) is 14.7. The number of para-hydroxylation sites is 1. The summed E-state index contributed by atoms with van der Waals surface area (Å²) in [6.45, 7) is 2.11. The zero-order chi connectivity index (χ0) is 16.5. The highest BCUT2D eigenvalue weighted by Crippen LogP contribution is 2.35. The summed E-state index contributed by atoms with van der Waals surface area (Å²) in [7, 11) is 0. The Bertz CT molecular complexity index is 958. The van der Waals surface area contributed by atoms with Gasteiger partial charge in [-0.2, -0.15) is 0 Å². The van der Waals surface area contributed by atoms with Crippen LogP contribution in [0, 0.1) is 6.92 Å². The Labute approximate surface area is 149 Å². The minimum Gasteiger partial charge on any atom is -0.358 e. The summed E-state index contributed by atoms with van der Waals surface area (Å²) >= 11 is 7.67. The highest BCUT2D eigenvalue weighted by Gasteiger charge is 2.21. The number of fused-ring (bicyclic) bond motifs is 1. The molecule has 0 aliphatic carbocycles. The SMILES string of the molecule is Cc1[nH]c2ccccc2c1[C@@H](Nc1nccs1)c1ccc(Cl)cc1. The second kappa shape index (κ2) is 6.30. The molecule has 2 N–H and O–H groups in total. The van der Waals surface area contributed by atoms with Gasteiger partial charge in [0.1, 0.15) is 0 Å². The van der Waals surface area contributed by atoms with Gasteiger partial charge in [0.2, 0.25) is 0 Å². The standard InChI is InChI=1S/C19H16ClN3S/c1-12-17(15-4-2-3-5-16(15)22-12)18(23-19-21-10-11-24-19)13-6-8-14(20)9-7-13/h2-11,18,22H,1H3,(H,21,23)/t18-/m0/s1. The number of H-pyrrole nitrogens is 1. The fourth-order valence-corrected chi connectivity index (χ4v) is 3.75. The smallest absolute Gasteiger partial charge is 0.183 e. The predicted molar refractivity (Wildman–Crippen MR) is 102 cm³/mol. The van der Waals surface area contributed by atoms with Crippen molar-refractivity contribution in [2.75, 3.05) is 5.32 Å². The van der Waals surface area contributed by atoms with Crippen molar-refractivity contribution >= 4 is 39.0 Å². The van der Waals surface area contributed by atoms with Crippen molar-refractivity contribution in [2.45, 2.75) is 13.0 Å². The summed E-state index contributed by atoms with van der Waals surface area (Å²) in [5.41, 5.74) is 4.69. The van der Waals surface area contributed by atoms with Crippen molar-refractivity contribution in [3.63, 3.8) is 0 Å². The van der Waals surface area contributed by atoms with E-state index in [2.05, 4.69) is 52.5 Å². The van der Waals surface area contributed by atoms with Crippen molar-refractivity contribution in [1.82, 2.24) is 9.97 Å². The fourth-order valence-electron chi connectivity index (χ4n) is 3.07. The summed E-state index contributed by atoms with van der Waals surface area (Å²) in [6.07, 6.45) is 1.81. The number of benzene rings is 2. The second-order valence-corrected chi connectivity index (χ2v) is 7.01. The maximum Gasteiger partial charge on any atom is 0.183 e. The van der Waals surface area contributed by atoms with Crippen LogP contribution in [-0.4, -0.2) is 9.97 Å². The van der Waals surface area contributed by atoms with Gasteiger partial charge in [-0.15, -0.1) is 11.3 Å². The van der Waals surface area contributed by atoms with E-state index in [0.29, 0.717) is 0 Å². The molecule has 0 amide bonds. The lowest BCUT2D eigenvalue weighted by molar-refractivity contribution is 0.929. The van der Waals surface area contributed by atoms with E-state index in [-0.39, 0.29) is 6.04 Å². The second-order valence-electron chi connectivity index (χ2n) is 5.68. The van der Waals surface area contributed by atoms with Crippen LogP contribution in [0.3, 0.4) is 0 Å². The molecule has 0 bridgehead atoms. The van der Waals surface area contributed by atoms with Crippen molar-refractivity contribution in [3.05, 3.63) is 82.0 Å². The lowest BCUT2D eigenvalue weighted by Crippen LogP contribution is -2.13. The Hall–Kier alpha value is -2.30. The van der Waals surface area contributed by atoms with Crippen LogP contribution in [0.1, 0.15) is 22.9 Å². The lowest BCUT2D eigenvalue weighted by atomic mass is 9.96. The number of hydrogen-bond donors (Lipinski definition) is 2. The molecular weight excluding hydrogens is 338 g/mol. The third-order valence-corrected chi connectivity index (χ3v) is 5.09. The van der Waals surface area contributed by atoms with Crippen LogP contribution in [0.5, 0.6) is 0 Å². The molecular formula is C19H16ClN3S. The Balaban J connectivity index is 1.87. The fraction of sp³-hybridized carbons (Fsp3) is 0.105. The van der Waals surface area contributed by atoms with E-state index >= 15 is 0 Å². The van der Waals surface area contributed by atoms with E-state index in [1.165, 1.54) is 10.9 Å². The normalized spacial score (nSPS) is 12.4. The molecule has 1 atom stereocenters. The van der Waals surface area contributed by atoms with E-state index in [4.69, 9.17) is 11.6 Å². The van der Waals surface area contributed by atoms with Crippen molar-refractivity contribution < 1.29 is 0 Å². The molecule has 2 aromatic heterocycles. The zero-order valence-electron chi connectivity index (χ0n) is 13.1. The van der Waals surface area contributed by atoms with Crippen LogP contribution in [0.25, 0.3) is 10.9 Å². The van der Waals surface area contributed by atoms with Crippen molar-refractivity contribution in [1.29, 1.82) is 0 Å². The van der Waals surface area contributed by atoms with E-state index in [0.717, 1.165) is 26.9 Å². The molecule has 0 aliphatic rings. The van der Waals surface area contributed by atoms with Gasteiger partial charge in [-0.25, -0.2) is 4.98 Å². The topological polar surface area (TPSA) is 40.7 Å². The van der Waals surface area contributed by atoms with E-state index in [1.807, 2.05) is 29.8 Å². The maximum atomic E-state index is 6.07. The number of rotatable bonds is 4. The molecule has 5 heteroatoms. The molecule has 3 nitrogen and oxygen atoms in total. The molecule has 4 rings (SSSR count). The average molecular weight is 354 g/mol. The van der Waals surface area contributed by atoms with Crippen molar-refractivity contribution in [2.24, 2.45) is 0 Å². The predicted octanol–water partition coefficient (Wildman–Crippen LogP) is 5.79. The Morgan fingerprint density at radius 3 is 2.67 bits per heavy atom. The molecule has 0 spiro atoms. The van der Waals surface area contributed by atoms with E-state index < -0.39 is 0 Å². The minimum atomic E-state index is 0.00423. The number of nitrogens with one attached hydrogen (secondary N) is 2. The Kier molecular flexibility index (Phi) is 4.00. The van der Waals surface area contributed by atoms with Crippen molar-refractivity contribution in [3.8, 4) is 0 Å². The van der Waals surface area contributed by atoms with Gasteiger partial charge in [-0.05, 0) is 30.7 Å². The van der Waals surface area contributed by atoms with Crippen LogP contribution in [-0.2, 0) is 0 Å². The summed E-state index contributed by atoms with van der Waals surface area (Å²) in [4.78, 5) is 7.88. The third kappa shape index (κ3) is 2.79. The minimum absolute atomic E-state index is 0.00423. The molecule has 0 saturated heterocycles. The van der Waals surface area contributed by atoms with Gasteiger partial charge in [0.15, 0.2) is 5.13 Å². The number of aromatic amines is 1. The monoisotopic (exact) mass is 353 g/mol. The van der Waals surface area contributed by atoms with E-state index in [9.17, 15) is 0 Å². The molecule has 0 aliphatic heterocycles. The number of hydrogen-bond acceptors (Lipinski definition) is 3. The number of nitrogens with zero attached hydrogens (tertiary/aromatic N) is 1. The first-order valence-corrected chi connectivity index (χ1v) is 8.97. The first-order chi connectivity index (χ1) is 11.7. The largest absolute Gasteiger partial charge is 0.358 e. The van der Waals surface area contributed by atoms with Crippen LogP contribution < -0.4 is 5.32 Å². The van der Waals surface area contributed by atoms with Gasteiger partial charge >= 0.3 is 0 Å². The maximum absolute atomic E-state index is 6.07. The number of aryl methyl sites for hydroxylation is 1. The molecule has 0 radical (unpaired) electrons. The Morgan fingerprint density at radius 2 is 1.92 bits per heavy atom. The summed E-state index contributed by atoms with van der Waals surface area (Å²) < 4.78 is 0. The number of thiazole rings is 1. The van der Waals surface area contributed by atoms with Gasteiger partial charge in [-0.1, -0.05) is 41.9 Å². The molecule has 0 unspecified atom stereocenters. The molecule has 24 heavy (non-hydrogen) atoms. The first-order valence-electron chi connectivity index (χ1n) is 7.71. The average Bonchev–Trinajstić information content (AvgIpc) is 3.20. The number of aromatic nitrogens is 2. The van der Waals surface area contributed by atoms with Gasteiger partial charge < -0.3 is 10.3 Å². The van der Waals surface area contributed by atoms with Gasteiger partial charge in [0, 0.05) is 38.8 Å². The quantitative estimate of drug-likeness (QED) is 0.487. The van der Waals surface area contributed by atoms with Crippen LogP contribution in [0.2, 0.25) is 5.02 Å². The van der Waals surface area contributed by atoms with Gasteiger partial charge in [0.25, 0.3) is 0 Å². The van der Waals surface area contributed by atoms with Crippen LogP contribution >= 0.6 is 22.9 Å². The Morgan fingerprint density at radius 1 is 1.12 bits per heavy atom. The molecule has 0 fully saturated rings. The third-order valence-electron chi connectivity index (χ3n) is 4.14. The summed E-state index contributed by atoms with van der Waals surface area (Å²) in [6, 6.07) is 16.4. The molecule has 2 aromatic carbocycles. The lowest BCUT2D eigenvalue weighted by Gasteiger charge is -2.20. The van der Waals surface area contributed by atoms with Crippen LogP contribution in [0.4, 0.5) is 5.13 Å². The van der Waals surface area contributed by atoms with Gasteiger partial charge in [-0.3, -0.25) is 0 Å². The highest BCUT2D eigenvalue weighted by molar-refractivity contribution is 7.13. The number of anilines is 1. The number of halogens is 1. The molecule has 2 heterocycles. The molecule has 0 saturated carbocycles. The highest BCUT2D eigenvalue weighted by atomic mass is 35.5. The first kappa shape index (κ1) is 15.2. The molecule has 120 valence electrons. The van der Waals surface area contributed by atoms with Gasteiger partial charge in [0.05, 0.1) is 6.04 Å². The van der Waals surface area contributed by atoms with E-state index in [1.54, 1.807) is 11.3 Å². The summed E-state index contributed by atoms with van der Waals surface area (Å²) in [5, 5.41) is 8.41. The van der Waals surface area contributed by atoms with Crippen LogP contribution in [0.15, 0.2) is 60.1 Å².